The van der Waals surface area contributed by atoms with Gasteiger partial charge < -0.3 is 20.5 Å². The number of nitrogens with two attached hydrogens (primary N) is 1. The lowest BCUT2D eigenvalue weighted by Crippen LogP contribution is -2.39. The molecule has 0 spiro atoms. The van der Waals surface area contributed by atoms with E-state index in [-0.39, 0.29) is 12.8 Å². The van der Waals surface area contributed by atoms with E-state index in [1.165, 1.54) is 5.01 Å². The Balaban J connectivity index is 1.77. The summed E-state index contributed by atoms with van der Waals surface area (Å²) in [4.78, 5) is 12.5. The molecule has 0 bridgehead atoms. The number of anilines is 1. The van der Waals surface area contributed by atoms with Gasteiger partial charge in [0.05, 0.1) is 12.3 Å². The minimum absolute atomic E-state index is 0.202. The number of ether oxygens (including phenoxy) is 2. The fourth-order valence-corrected chi connectivity index (χ4v) is 3.00. The van der Waals surface area contributed by atoms with Crippen LogP contribution < -0.4 is 20.5 Å². The van der Waals surface area contributed by atoms with Gasteiger partial charge in [0.2, 0.25) is 6.79 Å². The normalized spacial score (nSPS) is 14.7. The second-order valence-corrected chi connectivity index (χ2v) is 6.22. The first kappa shape index (κ1) is 16.3. The van der Waals surface area contributed by atoms with Crippen LogP contribution in [0.15, 0.2) is 41.5 Å². The van der Waals surface area contributed by atoms with Crippen LogP contribution in [0, 0.1) is 0 Å². The highest BCUT2D eigenvalue weighted by molar-refractivity contribution is 6.15. The molecule has 4 rings (SSSR count). The third-order valence-corrected chi connectivity index (χ3v) is 4.34. The topological polar surface area (TPSA) is 89.2 Å². The number of urea groups is 1. The van der Waals surface area contributed by atoms with Crippen molar-refractivity contribution in [2.24, 2.45) is 5.10 Å². The summed E-state index contributed by atoms with van der Waals surface area (Å²) in [5.74, 6) is 1.38. The van der Waals surface area contributed by atoms with E-state index in [0.717, 1.165) is 23.1 Å². The lowest BCUT2D eigenvalue weighted by Gasteiger charge is -2.26. The van der Waals surface area contributed by atoms with Crippen molar-refractivity contribution in [2.75, 3.05) is 19.1 Å². The highest BCUT2D eigenvalue weighted by atomic mass is 16.7. The first-order chi connectivity index (χ1) is 12.7. The molecule has 0 atom stereocenters. The molecule has 0 saturated heterocycles. The SMILES string of the molecule is CCCNC(=O)N1Cc2cc3c(cc2C(c2ccc(N)cc2)=N1)OCO3. The average molecular weight is 352 g/mol. The number of rotatable bonds is 3. The van der Waals surface area contributed by atoms with Crippen molar-refractivity contribution in [1.82, 2.24) is 10.3 Å². The molecule has 2 heterocycles. The molecule has 2 amide bonds. The van der Waals surface area contributed by atoms with E-state index >= 15 is 0 Å². The highest BCUT2D eigenvalue weighted by Gasteiger charge is 2.27. The minimum Gasteiger partial charge on any atom is -0.454 e. The van der Waals surface area contributed by atoms with Gasteiger partial charge in [-0.15, -0.1) is 0 Å². The maximum atomic E-state index is 12.5. The van der Waals surface area contributed by atoms with Crippen LogP contribution in [0.1, 0.15) is 30.0 Å². The van der Waals surface area contributed by atoms with Gasteiger partial charge in [0.1, 0.15) is 0 Å². The van der Waals surface area contributed by atoms with Gasteiger partial charge in [-0.25, -0.2) is 9.80 Å². The Hall–Kier alpha value is -3.22. The zero-order valence-corrected chi connectivity index (χ0v) is 14.5. The molecule has 0 aromatic heterocycles. The van der Waals surface area contributed by atoms with Gasteiger partial charge in [0, 0.05) is 23.4 Å². The molecule has 26 heavy (non-hydrogen) atoms. The Morgan fingerprint density at radius 2 is 1.96 bits per heavy atom. The van der Waals surface area contributed by atoms with Crippen molar-refractivity contribution in [3.63, 3.8) is 0 Å². The summed E-state index contributed by atoms with van der Waals surface area (Å²) < 4.78 is 11.0. The number of hydrazone groups is 1. The molecular formula is C19H20N4O3. The van der Waals surface area contributed by atoms with Gasteiger partial charge in [-0.3, -0.25) is 0 Å². The zero-order chi connectivity index (χ0) is 18.1. The smallest absolute Gasteiger partial charge is 0.338 e. The molecular weight excluding hydrogens is 332 g/mol. The van der Waals surface area contributed by atoms with Crippen LogP contribution in [0.3, 0.4) is 0 Å². The molecule has 3 N–H and O–H groups in total. The quantitative estimate of drug-likeness (QED) is 0.831. The molecule has 7 heteroatoms. The Morgan fingerprint density at radius 3 is 2.69 bits per heavy atom. The van der Waals surface area contributed by atoms with E-state index in [1.54, 1.807) is 0 Å². The van der Waals surface area contributed by atoms with Crippen molar-refractivity contribution < 1.29 is 14.3 Å². The minimum atomic E-state index is -0.219. The average Bonchev–Trinajstić information content (AvgIpc) is 3.11. The lowest BCUT2D eigenvalue weighted by atomic mass is 9.95. The third-order valence-electron chi connectivity index (χ3n) is 4.34. The first-order valence-corrected chi connectivity index (χ1v) is 8.58. The van der Waals surface area contributed by atoms with Crippen LogP contribution in [0.4, 0.5) is 10.5 Å². The molecule has 0 fully saturated rings. The summed E-state index contributed by atoms with van der Waals surface area (Å²) in [6.45, 7) is 3.19. The molecule has 134 valence electrons. The van der Waals surface area contributed by atoms with Crippen molar-refractivity contribution >= 4 is 17.4 Å². The summed E-state index contributed by atoms with van der Waals surface area (Å²) in [6, 6.07) is 11.1. The van der Waals surface area contributed by atoms with Crippen molar-refractivity contribution in [1.29, 1.82) is 0 Å². The first-order valence-electron chi connectivity index (χ1n) is 8.58. The predicted octanol–water partition coefficient (Wildman–Crippen LogP) is 2.69. The summed E-state index contributed by atoms with van der Waals surface area (Å²) in [6.07, 6.45) is 0.864. The molecule has 0 aliphatic carbocycles. The van der Waals surface area contributed by atoms with Gasteiger partial charge in [0.25, 0.3) is 0 Å². The zero-order valence-electron chi connectivity index (χ0n) is 14.5. The number of amides is 2. The van der Waals surface area contributed by atoms with Gasteiger partial charge in [-0.1, -0.05) is 19.1 Å². The van der Waals surface area contributed by atoms with Crippen molar-refractivity contribution in [3.8, 4) is 11.5 Å². The molecule has 2 aliphatic rings. The Morgan fingerprint density at radius 1 is 1.23 bits per heavy atom. The van der Waals surface area contributed by atoms with E-state index in [2.05, 4.69) is 10.4 Å². The van der Waals surface area contributed by atoms with Gasteiger partial charge >= 0.3 is 6.03 Å². The number of hydrogen-bond donors (Lipinski definition) is 2. The van der Waals surface area contributed by atoms with Crippen LogP contribution in [-0.2, 0) is 6.54 Å². The second-order valence-electron chi connectivity index (χ2n) is 6.22. The number of fused-ring (bicyclic) bond motifs is 2. The standard InChI is InChI=1S/C19H20N4O3/c1-2-7-21-19(24)23-10-13-8-16-17(26-11-25-16)9-15(13)18(22-23)12-3-5-14(20)6-4-12/h3-6,8-9H,2,7,10-11,20H2,1H3,(H,21,24). The molecule has 7 nitrogen and oxygen atoms in total. The van der Waals surface area contributed by atoms with Crippen molar-refractivity contribution in [3.05, 3.63) is 53.1 Å². The Kier molecular flexibility index (Phi) is 4.12. The number of carbonyl (C=O) groups excluding carboxylic acids is 1. The summed E-state index contributed by atoms with van der Waals surface area (Å²) in [7, 11) is 0. The summed E-state index contributed by atoms with van der Waals surface area (Å²) in [5, 5.41) is 8.92. The highest BCUT2D eigenvalue weighted by Crippen LogP contribution is 2.37. The van der Waals surface area contributed by atoms with E-state index < -0.39 is 0 Å². The van der Waals surface area contributed by atoms with E-state index in [1.807, 2.05) is 43.3 Å². The van der Waals surface area contributed by atoms with Crippen LogP contribution in [0.5, 0.6) is 11.5 Å². The monoisotopic (exact) mass is 352 g/mol. The third kappa shape index (κ3) is 2.92. The summed E-state index contributed by atoms with van der Waals surface area (Å²) >= 11 is 0. The second kappa shape index (κ2) is 6.59. The predicted molar refractivity (Wildman–Crippen MR) is 98.3 cm³/mol. The van der Waals surface area contributed by atoms with E-state index in [0.29, 0.717) is 36.0 Å². The largest absolute Gasteiger partial charge is 0.454 e. The number of benzene rings is 2. The van der Waals surface area contributed by atoms with E-state index in [9.17, 15) is 4.79 Å². The number of hydrogen-bond acceptors (Lipinski definition) is 5. The molecule has 0 saturated carbocycles. The number of nitrogen functional groups attached to an aromatic ring is 1. The fourth-order valence-electron chi connectivity index (χ4n) is 3.00. The van der Waals surface area contributed by atoms with Gasteiger partial charge in [-0.2, -0.15) is 5.10 Å². The Bertz CT molecular complexity index is 877. The number of nitrogens with one attached hydrogen (secondary N) is 1. The van der Waals surface area contributed by atoms with Crippen LogP contribution in [0.25, 0.3) is 0 Å². The molecule has 2 aromatic rings. The van der Waals surface area contributed by atoms with Crippen LogP contribution in [0.2, 0.25) is 0 Å². The number of carbonyl (C=O) groups is 1. The van der Waals surface area contributed by atoms with Gasteiger partial charge in [-0.05, 0) is 36.2 Å². The maximum absolute atomic E-state index is 12.5. The summed E-state index contributed by atoms with van der Waals surface area (Å²) in [5.41, 5.74) is 9.96. The van der Waals surface area contributed by atoms with Crippen LogP contribution in [-0.4, -0.2) is 30.1 Å². The lowest BCUT2D eigenvalue weighted by molar-refractivity contribution is 0.174. The van der Waals surface area contributed by atoms with E-state index in [4.69, 9.17) is 15.2 Å². The van der Waals surface area contributed by atoms with Crippen molar-refractivity contribution in [2.45, 2.75) is 19.9 Å². The molecule has 0 radical (unpaired) electrons. The molecule has 2 aromatic carbocycles. The molecule has 2 aliphatic heterocycles. The molecule has 0 unspecified atom stereocenters. The fraction of sp³-hybridized carbons (Fsp3) is 0.263. The maximum Gasteiger partial charge on any atom is 0.338 e. The Labute approximate surface area is 151 Å². The number of nitrogens with zero attached hydrogens (tertiary/aromatic N) is 2. The van der Waals surface area contributed by atoms with Crippen LogP contribution >= 0.6 is 0 Å². The van der Waals surface area contributed by atoms with Gasteiger partial charge in [0.15, 0.2) is 11.5 Å².